The van der Waals surface area contributed by atoms with Crippen LogP contribution in [0.1, 0.15) is 35.3 Å². The van der Waals surface area contributed by atoms with Gasteiger partial charge in [-0.2, -0.15) is 9.57 Å². The number of nitriles is 1. The lowest BCUT2D eigenvalue weighted by Crippen LogP contribution is -2.50. The Kier molecular flexibility index (Phi) is 6.89. The van der Waals surface area contributed by atoms with Gasteiger partial charge in [0, 0.05) is 31.1 Å². The summed E-state index contributed by atoms with van der Waals surface area (Å²) in [6, 6.07) is 15.2. The van der Waals surface area contributed by atoms with Gasteiger partial charge in [-0.3, -0.25) is 9.69 Å². The second kappa shape index (κ2) is 10.1. The summed E-state index contributed by atoms with van der Waals surface area (Å²) < 4.78 is 27.9. The second-order valence-electron chi connectivity index (χ2n) is 9.12. The zero-order valence-electron chi connectivity index (χ0n) is 19.5. The number of nitrogens with zero attached hydrogens (tertiary/aromatic N) is 3. The molecular weight excluding hydrogens is 480 g/mol. The average molecular weight is 509 g/mol. The number of rotatable bonds is 5. The van der Waals surface area contributed by atoms with Gasteiger partial charge in [-0.25, -0.2) is 8.42 Å². The number of fused-ring (bicyclic) bond motifs is 2. The molecule has 35 heavy (non-hydrogen) atoms. The van der Waals surface area contributed by atoms with Crippen molar-refractivity contribution >= 4 is 43.0 Å². The predicted octanol–water partition coefficient (Wildman–Crippen LogP) is 3.99. The summed E-state index contributed by atoms with van der Waals surface area (Å²) in [4.78, 5) is 16.3. The van der Waals surface area contributed by atoms with Gasteiger partial charge in [0.2, 0.25) is 15.9 Å². The largest absolute Gasteiger partial charge is 0.315 e. The summed E-state index contributed by atoms with van der Waals surface area (Å²) in [6.07, 6.45) is 5.25. The first-order chi connectivity index (χ1) is 17.0. The fourth-order valence-corrected chi connectivity index (χ4v) is 7.64. The van der Waals surface area contributed by atoms with Crippen LogP contribution >= 0.6 is 11.3 Å². The van der Waals surface area contributed by atoms with Crippen molar-refractivity contribution in [3.05, 3.63) is 58.5 Å². The Labute approximate surface area is 210 Å². The molecular formula is C26H28N4O3S2. The van der Waals surface area contributed by atoms with Gasteiger partial charge in [0.05, 0.1) is 17.0 Å². The molecule has 2 aromatic carbocycles. The number of hydrogen-bond acceptors (Lipinski definition) is 6. The Balaban J connectivity index is 1.20. The maximum atomic E-state index is 13.2. The average Bonchev–Trinajstić information content (AvgIpc) is 3.02. The van der Waals surface area contributed by atoms with Crippen LogP contribution in [0.5, 0.6) is 0 Å². The molecule has 1 amide bonds. The lowest BCUT2D eigenvalue weighted by Gasteiger charge is -2.33. The molecule has 0 spiro atoms. The van der Waals surface area contributed by atoms with Gasteiger partial charge in [-0.05, 0) is 54.2 Å². The number of anilines is 1. The Morgan fingerprint density at radius 3 is 2.51 bits per heavy atom. The molecule has 2 heterocycles. The zero-order chi connectivity index (χ0) is 24.4. The van der Waals surface area contributed by atoms with Gasteiger partial charge in [-0.15, -0.1) is 11.3 Å². The highest BCUT2D eigenvalue weighted by atomic mass is 32.2. The molecule has 1 N–H and O–H groups in total. The summed E-state index contributed by atoms with van der Waals surface area (Å²) in [5, 5.41) is 15.2. The molecule has 0 radical (unpaired) electrons. The van der Waals surface area contributed by atoms with Gasteiger partial charge < -0.3 is 5.32 Å². The van der Waals surface area contributed by atoms with Crippen molar-refractivity contribution in [2.45, 2.75) is 37.0 Å². The van der Waals surface area contributed by atoms with E-state index >= 15 is 0 Å². The first-order valence-electron chi connectivity index (χ1n) is 12.0. The Bertz CT molecular complexity index is 1400. The molecule has 5 rings (SSSR count). The highest BCUT2D eigenvalue weighted by Crippen LogP contribution is 2.37. The first-order valence-corrected chi connectivity index (χ1v) is 14.3. The van der Waals surface area contributed by atoms with Crippen molar-refractivity contribution < 1.29 is 13.2 Å². The number of sulfonamides is 1. The van der Waals surface area contributed by atoms with Gasteiger partial charge in [0.15, 0.2) is 0 Å². The highest BCUT2D eigenvalue weighted by Gasteiger charge is 2.29. The third-order valence-electron chi connectivity index (χ3n) is 6.84. The van der Waals surface area contributed by atoms with E-state index in [-0.39, 0.29) is 12.5 Å². The third kappa shape index (κ3) is 4.98. The second-order valence-corrected chi connectivity index (χ2v) is 12.2. The fourth-order valence-electron chi connectivity index (χ4n) is 4.92. The Morgan fingerprint density at radius 1 is 1.00 bits per heavy atom. The standard InChI is InChI=1S/C26H28N4O3S2/c27-17-23-22-8-2-1-3-9-24(22)34-26(23)28-25(31)18-29-12-14-30(15-13-29)35(32,33)21-11-10-19-6-4-5-7-20(19)16-21/h4-7,10-11,16H,1-3,8-9,12-15,18H2,(H,28,31). The van der Waals surface area contributed by atoms with E-state index in [4.69, 9.17) is 0 Å². The number of benzene rings is 2. The lowest BCUT2D eigenvalue weighted by molar-refractivity contribution is -0.117. The fraction of sp³-hybridized carbons (Fsp3) is 0.385. The van der Waals surface area contributed by atoms with E-state index in [0.717, 1.165) is 42.0 Å². The Hall–Kier alpha value is -2.77. The number of amides is 1. The van der Waals surface area contributed by atoms with E-state index in [1.54, 1.807) is 12.1 Å². The van der Waals surface area contributed by atoms with Crippen LogP contribution in [0.15, 0.2) is 47.4 Å². The SMILES string of the molecule is N#Cc1c(NC(=O)CN2CCN(S(=O)(=O)c3ccc4ccccc4c3)CC2)sc2c1CCCCC2. The van der Waals surface area contributed by atoms with Crippen LogP contribution in [-0.2, 0) is 27.7 Å². The number of hydrogen-bond donors (Lipinski definition) is 1. The van der Waals surface area contributed by atoms with Crippen LogP contribution in [0.25, 0.3) is 10.8 Å². The molecule has 1 saturated heterocycles. The molecule has 1 aliphatic heterocycles. The van der Waals surface area contributed by atoms with Gasteiger partial charge in [0.1, 0.15) is 11.1 Å². The molecule has 1 fully saturated rings. The van der Waals surface area contributed by atoms with E-state index in [0.29, 0.717) is 41.6 Å². The number of carbonyl (C=O) groups excluding carboxylic acids is 1. The van der Waals surface area contributed by atoms with Crippen molar-refractivity contribution in [3.63, 3.8) is 0 Å². The lowest BCUT2D eigenvalue weighted by atomic mass is 10.1. The molecule has 0 atom stereocenters. The van der Waals surface area contributed by atoms with E-state index in [2.05, 4.69) is 11.4 Å². The Morgan fingerprint density at radius 2 is 1.74 bits per heavy atom. The zero-order valence-corrected chi connectivity index (χ0v) is 21.1. The van der Waals surface area contributed by atoms with Crippen LogP contribution < -0.4 is 5.32 Å². The molecule has 1 aliphatic carbocycles. The number of piperazine rings is 1. The van der Waals surface area contributed by atoms with Gasteiger partial charge >= 0.3 is 0 Å². The van der Waals surface area contributed by atoms with E-state index in [9.17, 15) is 18.5 Å². The number of thiophene rings is 1. The van der Waals surface area contributed by atoms with Gasteiger partial charge in [-0.1, -0.05) is 36.8 Å². The van der Waals surface area contributed by atoms with Crippen LogP contribution in [0.2, 0.25) is 0 Å². The quantitative estimate of drug-likeness (QED) is 0.526. The maximum absolute atomic E-state index is 13.2. The first kappa shape index (κ1) is 23.9. The third-order valence-corrected chi connectivity index (χ3v) is 9.95. The highest BCUT2D eigenvalue weighted by molar-refractivity contribution is 7.89. The van der Waals surface area contributed by atoms with Crippen molar-refractivity contribution in [3.8, 4) is 6.07 Å². The smallest absolute Gasteiger partial charge is 0.243 e. The molecule has 2 aliphatic rings. The maximum Gasteiger partial charge on any atom is 0.243 e. The van der Waals surface area contributed by atoms with E-state index < -0.39 is 10.0 Å². The molecule has 3 aromatic rings. The summed E-state index contributed by atoms with van der Waals surface area (Å²) in [5.74, 6) is -0.163. The van der Waals surface area contributed by atoms with Crippen LogP contribution in [0, 0.1) is 11.3 Å². The number of aryl methyl sites for hydroxylation is 1. The van der Waals surface area contributed by atoms with Crippen LogP contribution in [-0.4, -0.2) is 56.3 Å². The summed E-state index contributed by atoms with van der Waals surface area (Å²) in [7, 11) is -3.60. The van der Waals surface area contributed by atoms with Crippen molar-refractivity contribution in [2.24, 2.45) is 0 Å². The monoisotopic (exact) mass is 508 g/mol. The molecule has 1 aromatic heterocycles. The van der Waals surface area contributed by atoms with E-state index in [1.807, 2.05) is 35.2 Å². The van der Waals surface area contributed by atoms with Crippen molar-refractivity contribution in [2.75, 3.05) is 38.0 Å². The van der Waals surface area contributed by atoms with Crippen LogP contribution in [0.3, 0.4) is 0 Å². The molecule has 0 saturated carbocycles. The minimum atomic E-state index is -3.60. The topological polar surface area (TPSA) is 93.5 Å². The van der Waals surface area contributed by atoms with Crippen molar-refractivity contribution in [1.82, 2.24) is 9.21 Å². The summed E-state index contributed by atoms with van der Waals surface area (Å²) >= 11 is 1.53. The summed E-state index contributed by atoms with van der Waals surface area (Å²) in [6.45, 7) is 1.80. The predicted molar refractivity (Wildman–Crippen MR) is 138 cm³/mol. The molecule has 0 bridgehead atoms. The van der Waals surface area contributed by atoms with Crippen LogP contribution in [0.4, 0.5) is 5.00 Å². The number of carbonyl (C=O) groups is 1. The molecule has 182 valence electrons. The normalized spacial score (nSPS) is 17.5. The summed E-state index contributed by atoms with van der Waals surface area (Å²) in [5.41, 5.74) is 1.73. The molecule has 0 unspecified atom stereocenters. The van der Waals surface area contributed by atoms with Gasteiger partial charge in [0.25, 0.3) is 0 Å². The van der Waals surface area contributed by atoms with E-state index in [1.165, 1.54) is 26.9 Å². The number of nitrogens with one attached hydrogen (secondary N) is 1. The minimum Gasteiger partial charge on any atom is -0.315 e. The minimum absolute atomic E-state index is 0.163. The molecule has 9 heteroatoms. The van der Waals surface area contributed by atoms with Crippen molar-refractivity contribution in [1.29, 1.82) is 5.26 Å². The molecule has 7 nitrogen and oxygen atoms in total.